The molecule has 0 saturated carbocycles. The molecule has 1 heterocycles. The first-order valence-electron chi connectivity index (χ1n) is 8.57. The number of ether oxygens (including phenoxy) is 1. The van der Waals surface area contributed by atoms with Gasteiger partial charge in [0.05, 0.1) is 24.5 Å². The van der Waals surface area contributed by atoms with E-state index in [0.29, 0.717) is 22.7 Å². The SMILES string of the molecule is COc1ccc(NC(=O)CN(C)S(=O)(=O)c2ccc3c(c2)[C@@H](C)C(=O)N3)cc1. The van der Waals surface area contributed by atoms with Crippen molar-refractivity contribution >= 4 is 33.2 Å². The smallest absolute Gasteiger partial charge is 0.243 e. The number of nitrogens with zero attached hydrogens (tertiary/aromatic N) is 1. The third-order valence-electron chi connectivity index (χ3n) is 4.59. The molecular weight excluding hydrogens is 382 g/mol. The molecular formula is C19H21N3O5S. The van der Waals surface area contributed by atoms with Gasteiger partial charge in [-0.25, -0.2) is 8.42 Å². The summed E-state index contributed by atoms with van der Waals surface area (Å²) in [6, 6.07) is 11.2. The van der Waals surface area contributed by atoms with Crippen molar-refractivity contribution < 1.29 is 22.7 Å². The van der Waals surface area contributed by atoms with Crippen LogP contribution in [-0.4, -0.2) is 45.2 Å². The number of carbonyl (C=O) groups excluding carboxylic acids is 2. The van der Waals surface area contributed by atoms with E-state index in [4.69, 9.17) is 4.74 Å². The predicted molar refractivity (Wildman–Crippen MR) is 105 cm³/mol. The average molecular weight is 403 g/mol. The van der Waals surface area contributed by atoms with E-state index in [9.17, 15) is 18.0 Å². The molecule has 2 aromatic carbocycles. The Kier molecular flexibility index (Phi) is 5.39. The molecule has 28 heavy (non-hydrogen) atoms. The summed E-state index contributed by atoms with van der Waals surface area (Å²) in [5.41, 5.74) is 1.77. The van der Waals surface area contributed by atoms with Crippen LogP contribution in [0.5, 0.6) is 5.75 Å². The highest BCUT2D eigenvalue weighted by molar-refractivity contribution is 7.89. The lowest BCUT2D eigenvalue weighted by molar-refractivity contribution is -0.117. The van der Waals surface area contributed by atoms with Gasteiger partial charge < -0.3 is 15.4 Å². The maximum Gasteiger partial charge on any atom is 0.243 e. The first kappa shape index (κ1) is 19.8. The Morgan fingerprint density at radius 2 is 1.89 bits per heavy atom. The molecule has 1 aliphatic heterocycles. The normalized spacial score (nSPS) is 15.9. The fourth-order valence-corrected chi connectivity index (χ4v) is 4.06. The third kappa shape index (κ3) is 3.85. The van der Waals surface area contributed by atoms with Crippen LogP contribution in [0.4, 0.5) is 11.4 Å². The van der Waals surface area contributed by atoms with Crippen LogP contribution < -0.4 is 15.4 Å². The molecule has 9 heteroatoms. The number of fused-ring (bicyclic) bond motifs is 1. The Morgan fingerprint density at radius 1 is 1.21 bits per heavy atom. The molecule has 148 valence electrons. The summed E-state index contributed by atoms with van der Waals surface area (Å²) in [7, 11) is -1.01. The molecule has 0 bridgehead atoms. The number of likely N-dealkylation sites (N-methyl/N-ethyl adjacent to an activating group) is 1. The van der Waals surface area contributed by atoms with Gasteiger partial charge in [0, 0.05) is 18.4 Å². The average Bonchev–Trinajstić information content (AvgIpc) is 2.95. The standard InChI is InChI=1S/C19H21N3O5S/c1-12-16-10-15(8-9-17(16)21-19(12)24)28(25,26)22(2)11-18(23)20-13-4-6-14(27-3)7-5-13/h4-10,12H,11H2,1-3H3,(H,20,23)(H,21,24)/t12-/m1/s1. The second kappa shape index (κ2) is 7.61. The van der Waals surface area contributed by atoms with Crippen molar-refractivity contribution in [2.75, 3.05) is 31.3 Å². The van der Waals surface area contributed by atoms with Gasteiger partial charge in [0.15, 0.2) is 0 Å². The van der Waals surface area contributed by atoms with Crippen LogP contribution in [0, 0.1) is 0 Å². The molecule has 0 fully saturated rings. The molecule has 0 radical (unpaired) electrons. The van der Waals surface area contributed by atoms with E-state index in [1.54, 1.807) is 44.4 Å². The van der Waals surface area contributed by atoms with Gasteiger partial charge >= 0.3 is 0 Å². The van der Waals surface area contributed by atoms with Crippen molar-refractivity contribution in [3.8, 4) is 5.75 Å². The number of hydrogen-bond acceptors (Lipinski definition) is 5. The van der Waals surface area contributed by atoms with Gasteiger partial charge in [-0.1, -0.05) is 0 Å². The van der Waals surface area contributed by atoms with Gasteiger partial charge in [-0.05, 0) is 55.0 Å². The quantitative estimate of drug-likeness (QED) is 0.768. The summed E-state index contributed by atoms with van der Waals surface area (Å²) in [5, 5.41) is 5.35. The molecule has 0 aromatic heterocycles. The summed E-state index contributed by atoms with van der Waals surface area (Å²) in [6.45, 7) is 1.36. The van der Waals surface area contributed by atoms with Crippen LogP contribution in [0.1, 0.15) is 18.4 Å². The number of sulfonamides is 1. The Labute approximate surface area is 163 Å². The Hall–Kier alpha value is -2.91. The molecule has 2 N–H and O–H groups in total. The maximum atomic E-state index is 12.8. The van der Waals surface area contributed by atoms with Gasteiger partial charge in [-0.3, -0.25) is 9.59 Å². The van der Waals surface area contributed by atoms with Crippen molar-refractivity contribution in [1.82, 2.24) is 4.31 Å². The van der Waals surface area contributed by atoms with Crippen molar-refractivity contribution in [2.45, 2.75) is 17.7 Å². The minimum Gasteiger partial charge on any atom is -0.497 e. The number of rotatable bonds is 6. The number of amides is 2. The third-order valence-corrected chi connectivity index (χ3v) is 6.39. The maximum absolute atomic E-state index is 12.8. The number of anilines is 2. The Bertz CT molecular complexity index is 1020. The molecule has 0 aliphatic carbocycles. The summed E-state index contributed by atoms with van der Waals surface area (Å²) in [4.78, 5) is 24.0. The fraction of sp³-hybridized carbons (Fsp3) is 0.263. The Morgan fingerprint density at radius 3 is 2.54 bits per heavy atom. The zero-order valence-electron chi connectivity index (χ0n) is 15.7. The minimum absolute atomic E-state index is 0.0364. The van der Waals surface area contributed by atoms with Crippen LogP contribution in [-0.2, 0) is 19.6 Å². The van der Waals surface area contributed by atoms with Crippen LogP contribution in [0.3, 0.4) is 0 Å². The van der Waals surface area contributed by atoms with Gasteiger partial charge in [0.25, 0.3) is 0 Å². The number of carbonyl (C=O) groups is 2. The molecule has 0 saturated heterocycles. The largest absolute Gasteiger partial charge is 0.497 e. The van der Waals surface area contributed by atoms with Gasteiger partial charge in [-0.15, -0.1) is 0 Å². The zero-order chi connectivity index (χ0) is 20.5. The van der Waals surface area contributed by atoms with E-state index >= 15 is 0 Å². The van der Waals surface area contributed by atoms with Crippen LogP contribution in [0.25, 0.3) is 0 Å². The second-order valence-corrected chi connectivity index (χ2v) is 8.54. The number of methoxy groups -OCH3 is 1. The Balaban J connectivity index is 1.71. The lowest BCUT2D eigenvalue weighted by Gasteiger charge is -2.17. The second-order valence-electron chi connectivity index (χ2n) is 6.50. The molecule has 1 aliphatic rings. The van der Waals surface area contributed by atoms with Crippen molar-refractivity contribution in [2.24, 2.45) is 0 Å². The molecule has 3 rings (SSSR count). The van der Waals surface area contributed by atoms with Gasteiger partial charge in [-0.2, -0.15) is 4.31 Å². The summed E-state index contributed by atoms with van der Waals surface area (Å²) >= 11 is 0. The van der Waals surface area contributed by atoms with Gasteiger partial charge in [0.1, 0.15) is 5.75 Å². The van der Waals surface area contributed by atoms with E-state index in [2.05, 4.69) is 10.6 Å². The number of nitrogens with one attached hydrogen (secondary N) is 2. The summed E-state index contributed by atoms with van der Waals surface area (Å²) < 4.78 is 31.7. The van der Waals surface area contributed by atoms with E-state index in [0.717, 1.165) is 4.31 Å². The van der Waals surface area contributed by atoms with Crippen LogP contribution in [0.15, 0.2) is 47.4 Å². The van der Waals surface area contributed by atoms with Crippen molar-refractivity contribution in [1.29, 1.82) is 0 Å². The lowest BCUT2D eigenvalue weighted by Crippen LogP contribution is -2.35. The zero-order valence-corrected chi connectivity index (χ0v) is 16.5. The van der Waals surface area contributed by atoms with Crippen LogP contribution in [0.2, 0.25) is 0 Å². The topological polar surface area (TPSA) is 105 Å². The van der Waals surface area contributed by atoms with E-state index in [1.165, 1.54) is 19.2 Å². The lowest BCUT2D eigenvalue weighted by atomic mass is 10.0. The van der Waals surface area contributed by atoms with Gasteiger partial charge in [0.2, 0.25) is 21.8 Å². The molecule has 0 spiro atoms. The highest BCUT2D eigenvalue weighted by Gasteiger charge is 2.30. The molecule has 8 nitrogen and oxygen atoms in total. The highest BCUT2D eigenvalue weighted by atomic mass is 32.2. The van der Waals surface area contributed by atoms with E-state index < -0.39 is 21.8 Å². The van der Waals surface area contributed by atoms with E-state index in [1.807, 2.05) is 0 Å². The number of hydrogen-bond donors (Lipinski definition) is 2. The fourth-order valence-electron chi connectivity index (χ4n) is 2.90. The van der Waals surface area contributed by atoms with Crippen molar-refractivity contribution in [3.05, 3.63) is 48.0 Å². The monoisotopic (exact) mass is 403 g/mol. The predicted octanol–water partition coefficient (Wildman–Crippen LogP) is 2.01. The van der Waals surface area contributed by atoms with Crippen molar-refractivity contribution in [3.63, 3.8) is 0 Å². The molecule has 2 amide bonds. The first-order valence-corrected chi connectivity index (χ1v) is 10.0. The molecule has 1 atom stereocenters. The summed E-state index contributed by atoms with van der Waals surface area (Å²) in [5.74, 6) is -0.412. The first-order chi connectivity index (χ1) is 13.2. The summed E-state index contributed by atoms with van der Waals surface area (Å²) in [6.07, 6.45) is 0. The highest BCUT2D eigenvalue weighted by Crippen LogP contribution is 2.34. The minimum atomic E-state index is -3.89. The van der Waals surface area contributed by atoms with Crippen LogP contribution >= 0.6 is 0 Å². The molecule has 2 aromatic rings. The van der Waals surface area contributed by atoms with E-state index in [-0.39, 0.29) is 17.3 Å². The number of benzene rings is 2. The molecule has 0 unspecified atom stereocenters.